The maximum absolute atomic E-state index is 11.8. The summed E-state index contributed by atoms with van der Waals surface area (Å²) < 4.78 is 6.85. The zero-order chi connectivity index (χ0) is 15.4. The van der Waals surface area contributed by atoms with Gasteiger partial charge in [-0.05, 0) is 6.92 Å². The number of aliphatic hydroxyl groups excluding tert-OH is 3. The molecule has 1 unspecified atom stereocenters. The van der Waals surface area contributed by atoms with Gasteiger partial charge in [-0.1, -0.05) is 0 Å². The first-order valence-corrected chi connectivity index (χ1v) is 6.26. The average molecular weight is 297 g/mol. The molecule has 10 nitrogen and oxygen atoms in total. The highest BCUT2D eigenvalue weighted by Crippen LogP contribution is 2.36. The number of ether oxygens (including phenoxy) is 1. The lowest BCUT2D eigenvalue weighted by molar-refractivity contribution is -0.132. The molecule has 0 aliphatic carbocycles. The van der Waals surface area contributed by atoms with Crippen molar-refractivity contribution < 1.29 is 20.1 Å². The van der Waals surface area contributed by atoms with E-state index in [1.165, 1.54) is 17.8 Å². The van der Waals surface area contributed by atoms with Gasteiger partial charge in [0.15, 0.2) is 16.9 Å². The van der Waals surface area contributed by atoms with Crippen LogP contribution < -0.4 is 11.3 Å². The second-order valence-corrected chi connectivity index (χ2v) is 5.07. The fraction of sp³-hybridized carbons (Fsp3) is 0.545. The van der Waals surface area contributed by atoms with Gasteiger partial charge < -0.3 is 25.8 Å². The maximum atomic E-state index is 11.8. The van der Waals surface area contributed by atoms with Crippen LogP contribution in [-0.2, 0) is 10.5 Å². The lowest BCUT2D eigenvalue weighted by Gasteiger charge is -2.29. The number of anilines is 1. The van der Waals surface area contributed by atoms with Crippen LogP contribution in [0.3, 0.4) is 0 Å². The van der Waals surface area contributed by atoms with Gasteiger partial charge in [-0.2, -0.15) is 4.98 Å². The summed E-state index contributed by atoms with van der Waals surface area (Å²) in [5, 5.41) is 29.3. The molecule has 0 radical (unpaired) electrons. The van der Waals surface area contributed by atoms with Crippen molar-refractivity contribution in [2.24, 2.45) is 0 Å². The second kappa shape index (κ2) is 4.49. The largest absolute Gasteiger partial charge is 0.394 e. The first-order chi connectivity index (χ1) is 9.88. The highest BCUT2D eigenvalue weighted by atomic mass is 16.6. The third-order valence-electron chi connectivity index (χ3n) is 3.73. The summed E-state index contributed by atoms with van der Waals surface area (Å²) >= 11 is 0. The van der Waals surface area contributed by atoms with Crippen molar-refractivity contribution in [3.8, 4) is 0 Å². The molecule has 1 aliphatic rings. The summed E-state index contributed by atoms with van der Waals surface area (Å²) in [6.45, 7) is 1.04. The summed E-state index contributed by atoms with van der Waals surface area (Å²) in [5.41, 5.74) is 3.70. The summed E-state index contributed by atoms with van der Waals surface area (Å²) in [4.78, 5) is 22.0. The molecule has 3 heterocycles. The Hall–Kier alpha value is -2.01. The molecule has 1 aliphatic heterocycles. The van der Waals surface area contributed by atoms with Gasteiger partial charge in [0.1, 0.15) is 18.3 Å². The minimum atomic E-state index is -1.44. The topological polar surface area (TPSA) is 160 Å². The van der Waals surface area contributed by atoms with Crippen LogP contribution in [0.4, 0.5) is 5.95 Å². The van der Waals surface area contributed by atoms with Crippen molar-refractivity contribution in [1.29, 1.82) is 0 Å². The van der Waals surface area contributed by atoms with E-state index in [1.807, 2.05) is 0 Å². The van der Waals surface area contributed by atoms with Crippen LogP contribution in [0.15, 0.2) is 11.1 Å². The zero-order valence-corrected chi connectivity index (χ0v) is 11.1. The van der Waals surface area contributed by atoms with Crippen LogP contribution in [-0.4, -0.2) is 59.8 Å². The molecule has 0 aromatic carbocycles. The molecule has 0 amide bonds. The van der Waals surface area contributed by atoms with E-state index >= 15 is 0 Å². The maximum Gasteiger partial charge on any atom is 0.280 e. The normalized spacial score (nSPS) is 32.9. The number of hydrogen-bond donors (Lipinski definition) is 5. The van der Waals surface area contributed by atoms with Crippen molar-refractivity contribution in [3.63, 3.8) is 0 Å². The molecule has 0 saturated carbocycles. The molecule has 0 spiro atoms. The Kier molecular flexibility index (Phi) is 2.99. The summed E-state index contributed by atoms with van der Waals surface area (Å²) in [5.74, 6) is -0.107. The molecule has 114 valence electrons. The van der Waals surface area contributed by atoms with Crippen molar-refractivity contribution in [3.05, 3.63) is 16.7 Å². The lowest BCUT2D eigenvalue weighted by atomic mass is 10.0. The third-order valence-corrected chi connectivity index (χ3v) is 3.73. The number of nitrogens with two attached hydrogens (primary N) is 1. The SMILES string of the molecule is C[C@@]1(n2cnc3c(=O)[nH]c(N)nc32)O[C@H](CO)[C@H](O)C1O. The first-order valence-electron chi connectivity index (χ1n) is 6.26. The number of nitrogens with one attached hydrogen (secondary N) is 1. The Balaban J connectivity index is 2.19. The molecule has 1 fully saturated rings. The van der Waals surface area contributed by atoms with Gasteiger partial charge >= 0.3 is 0 Å². The van der Waals surface area contributed by atoms with E-state index < -0.39 is 36.2 Å². The van der Waals surface area contributed by atoms with E-state index in [1.54, 1.807) is 0 Å². The standard InChI is InChI=1S/C11H15N5O5/c1-11(7(19)6(18)4(2-17)21-11)16-3-13-5-8(16)14-10(12)15-9(5)20/h3-4,6-7,17-19H,2H2,1H3,(H3,12,14,15,20)/t4-,6+,7?,11-/m1/s1. The van der Waals surface area contributed by atoms with E-state index in [2.05, 4.69) is 15.0 Å². The van der Waals surface area contributed by atoms with Crippen LogP contribution in [0.5, 0.6) is 0 Å². The summed E-state index contributed by atoms with van der Waals surface area (Å²) in [6.07, 6.45) is -2.31. The average Bonchev–Trinajstić information content (AvgIpc) is 2.95. The molecule has 0 bridgehead atoms. The number of hydrogen-bond acceptors (Lipinski definition) is 8. The molecule has 21 heavy (non-hydrogen) atoms. The Bertz CT molecular complexity index is 742. The predicted molar refractivity (Wildman–Crippen MR) is 70.2 cm³/mol. The third kappa shape index (κ3) is 1.84. The Morgan fingerprint density at radius 2 is 2.29 bits per heavy atom. The van der Waals surface area contributed by atoms with Crippen LogP contribution >= 0.6 is 0 Å². The highest BCUT2D eigenvalue weighted by molar-refractivity contribution is 5.70. The molecule has 2 aromatic rings. The van der Waals surface area contributed by atoms with Gasteiger partial charge in [0, 0.05) is 0 Å². The number of aromatic amines is 1. The molecule has 4 atom stereocenters. The smallest absolute Gasteiger partial charge is 0.280 e. The number of aliphatic hydroxyl groups is 3. The van der Waals surface area contributed by atoms with Crippen molar-refractivity contribution >= 4 is 17.1 Å². The van der Waals surface area contributed by atoms with Crippen molar-refractivity contribution in [2.45, 2.75) is 31.0 Å². The molecule has 3 rings (SSSR count). The van der Waals surface area contributed by atoms with Crippen LogP contribution in [0.1, 0.15) is 6.92 Å². The molecular formula is C11H15N5O5. The number of imidazole rings is 1. The Morgan fingerprint density at radius 1 is 1.57 bits per heavy atom. The Labute approximate surface area is 117 Å². The fourth-order valence-electron chi connectivity index (χ4n) is 2.56. The van der Waals surface area contributed by atoms with Crippen LogP contribution in [0.25, 0.3) is 11.2 Å². The second-order valence-electron chi connectivity index (χ2n) is 5.07. The van der Waals surface area contributed by atoms with E-state index in [9.17, 15) is 20.1 Å². The number of nitrogens with zero attached hydrogens (tertiary/aromatic N) is 3. The first kappa shape index (κ1) is 13.9. The molecule has 6 N–H and O–H groups in total. The van der Waals surface area contributed by atoms with E-state index in [4.69, 9.17) is 10.5 Å². The predicted octanol–water partition coefficient (Wildman–Crippen LogP) is -2.51. The monoisotopic (exact) mass is 297 g/mol. The van der Waals surface area contributed by atoms with E-state index in [0.717, 1.165) is 0 Å². The van der Waals surface area contributed by atoms with Gasteiger partial charge in [0.2, 0.25) is 5.95 Å². The lowest BCUT2D eigenvalue weighted by Crippen LogP contribution is -2.43. The molecule has 10 heteroatoms. The summed E-state index contributed by atoms with van der Waals surface area (Å²) in [6, 6.07) is 0. The fourth-order valence-corrected chi connectivity index (χ4v) is 2.56. The van der Waals surface area contributed by atoms with Gasteiger partial charge in [-0.3, -0.25) is 14.3 Å². The number of H-pyrrole nitrogens is 1. The van der Waals surface area contributed by atoms with Gasteiger partial charge in [-0.15, -0.1) is 0 Å². The quantitative estimate of drug-likeness (QED) is 0.406. The highest BCUT2D eigenvalue weighted by Gasteiger charge is 2.52. The number of rotatable bonds is 2. The van der Waals surface area contributed by atoms with Gasteiger partial charge in [0.05, 0.1) is 12.9 Å². The molecular weight excluding hydrogens is 282 g/mol. The van der Waals surface area contributed by atoms with Gasteiger partial charge in [-0.25, -0.2) is 4.98 Å². The zero-order valence-electron chi connectivity index (χ0n) is 11.1. The Morgan fingerprint density at radius 3 is 2.90 bits per heavy atom. The molecule has 2 aromatic heterocycles. The van der Waals surface area contributed by atoms with Crippen LogP contribution in [0.2, 0.25) is 0 Å². The van der Waals surface area contributed by atoms with E-state index in [-0.39, 0.29) is 17.1 Å². The summed E-state index contributed by atoms with van der Waals surface area (Å²) in [7, 11) is 0. The van der Waals surface area contributed by atoms with Crippen LogP contribution in [0, 0.1) is 0 Å². The minimum Gasteiger partial charge on any atom is -0.394 e. The number of fused-ring (bicyclic) bond motifs is 1. The van der Waals surface area contributed by atoms with Gasteiger partial charge in [0.25, 0.3) is 5.56 Å². The number of aromatic nitrogens is 4. The van der Waals surface area contributed by atoms with E-state index in [0.29, 0.717) is 0 Å². The van der Waals surface area contributed by atoms with Crippen molar-refractivity contribution in [2.75, 3.05) is 12.3 Å². The van der Waals surface area contributed by atoms with Crippen molar-refractivity contribution in [1.82, 2.24) is 19.5 Å². The molecule has 1 saturated heterocycles. The minimum absolute atomic E-state index is 0.0307. The number of nitrogen functional groups attached to an aromatic ring is 1.